The first-order valence-electron chi connectivity index (χ1n) is 13.9. The first-order valence-corrected chi connectivity index (χ1v) is 13.9. The lowest BCUT2D eigenvalue weighted by Gasteiger charge is -2.30. The van der Waals surface area contributed by atoms with Crippen LogP contribution >= 0.6 is 0 Å². The second kappa shape index (κ2) is 12.1. The molecule has 1 aliphatic rings. The van der Waals surface area contributed by atoms with Gasteiger partial charge in [-0.1, -0.05) is 32.0 Å². The molecule has 3 aromatic heterocycles. The van der Waals surface area contributed by atoms with Gasteiger partial charge in [0.25, 0.3) is 5.91 Å². The molecular weight excluding hydrogens is 521 g/mol. The number of hydrogen-bond donors (Lipinski definition) is 3. The maximum Gasteiger partial charge on any atom is 0.254 e. The van der Waals surface area contributed by atoms with E-state index in [1.54, 1.807) is 18.5 Å². The summed E-state index contributed by atoms with van der Waals surface area (Å²) in [6.45, 7) is 6.87. The number of benzene rings is 1. The summed E-state index contributed by atoms with van der Waals surface area (Å²) in [5.41, 5.74) is 2.65. The number of aromatic nitrogens is 5. The highest BCUT2D eigenvalue weighted by Gasteiger charge is 2.29. The van der Waals surface area contributed by atoms with Crippen LogP contribution in [0.15, 0.2) is 49.2 Å². The summed E-state index contributed by atoms with van der Waals surface area (Å²) in [5.74, 6) is 0.158. The predicted octanol–water partition coefficient (Wildman–Crippen LogP) is 4.27. The average Bonchev–Trinajstić information content (AvgIpc) is 3.01. The Bertz CT molecular complexity index is 1520. The lowest BCUT2D eigenvalue weighted by atomic mass is 9.78. The number of halogens is 1. The SMILES string of the molecule is CC[C@@](C)(CNc1cc(-c2cnc(NC3CCN(C)CC3)nc2)ncn1)c1cccc2c(C(=O)NC)c(F)cnc12. The lowest BCUT2D eigenvalue weighted by molar-refractivity contribution is 0.0960. The van der Waals surface area contributed by atoms with Crippen LogP contribution < -0.4 is 16.0 Å². The van der Waals surface area contributed by atoms with Crippen molar-refractivity contribution >= 4 is 28.6 Å². The van der Waals surface area contributed by atoms with Crippen molar-refractivity contribution in [2.75, 3.05) is 44.4 Å². The van der Waals surface area contributed by atoms with Crippen molar-refractivity contribution < 1.29 is 9.18 Å². The number of carbonyl (C=O) groups is 1. The van der Waals surface area contributed by atoms with E-state index in [1.807, 2.05) is 18.2 Å². The Morgan fingerprint density at radius 2 is 1.85 bits per heavy atom. The molecule has 1 aromatic carbocycles. The van der Waals surface area contributed by atoms with Gasteiger partial charge >= 0.3 is 0 Å². The van der Waals surface area contributed by atoms with Crippen LogP contribution in [0.2, 0.25) is 0 Å². The van der Waals surface area contributed by atoms with Crippen molar-refractivity contribution in [1.82, 2.24) is 35.1 Å². The zero-order chi connectivity index (χ0) is 29.0. The van der Waals surface area contributed by atoms with E-state index in [9.17, 15) is 9.18 Å². The van der Waals surface area contributed by atoms with E-state index in [1.165, 1.54) is 13.4 Å². The summed E-state index contributed by atoms with van der Waals surface area (Å²) in [7, 11) is 3.63. The largest absolute Gasteiger partial charge is 0.369 e. The zero-order valence-corrected chi connectivity index (χ0v) is 23.9. The molecule has 1 aliphatic heterocycles. The van der Waals surface area contributed by atoms with Gasteiger partial charge in [-0.3, -0.25) is 9.78 Å². The molecule has 1 fully saturated rings. The summed E-state index contributed by atoms with van der Waals surface area (Å²) >= 11 is 0. The number of piperidine rings is 1. The molecule has 0 unspecified atom stereocenters. The normalized spacial score (nSPS) is 15.8. The van der Waals surface area contributed by atoms with E-state index in [0.29, 0.717) is 40.9 Å². The van der Waals surface area contributed by atoms with Crippen molar-refractivity contribution in [3.8, 4) is 11.3 Å². The van der Waals surface area contributed by atoms with Crippen molar-refractivity contribution in [3.05, 3.63) is 66.1 Å². The molecule has 3 N–H and O–H groups in total. The summed E-state index contributed by atoms with van der Waals surface area (Å²) in [6, 6.07) is 7.81. The van der Waals surface area contributed by atoms with E-state index in [2.05, 4.69) is 66.7 Å². The first-order chi connectivity index (χ1) is 19.8. The van der Waals surface area contributed by atoms with Crippen LogP contribution in [-0.4, -0.2) is 75.5 Å². The van der Waals surface area contributed by atoms with Crippen LogP contribution in [0.4, 0.5) is 16.2 Å². The Labute approximate surface area is 239 Å². The number of fused-ring (bicyclic) bond motifs is 1. The zero-order valence-electron chi connectivity index (χ0n) is 23.9. The number of hydrogen-bond acceptors (Lipinski definition) is 9. The molecule has 10 nitrogen and oxygen atoms in total. The van der Waals surface area contributed by atoms with Crippen molar-refractivity contribution in [3.63, 3.8) is 0 Å². The highest BCUT2D eigenvalue weighted by molar-refractivity contribution is 6.06. The number of likely N-dealkylation sites (tertiary alicyclic amines) is 1. The van der Waals surface area contributed by atoms with Crippen LogP contribution in [0, 0.1) is 5.82 Å². The minimum atomic E-state index is -0.645. The standard InChI is InChI=1S/C30H36FN9O/c1-5-30(2,22-8-6-7-21-26(28(41)32-3)23(31)16-33-27(21)22)17-36-25-13-24(37-18-38-25)19-14-34-29(35-15-19)39-20-9-11-40(4)12-10-20/h6-8,13-16,18,20H,5,9-12,17H2,1-4H3,(H,32,41)(H,34,35,39)(H,36,37,38)/t30-/m0/s1. The molecule has 0 spiro atoms. The Morgan fingerprint density at radius 3 is 2.56 bits per heavy atom. The van der Waals surface area contributed by atoms with E-state index >= 15 is 0 Å². The van der Waals surface area contributed by atoms with Gasteiger partial charge in [-0.2, -0.15) is 0 Å². The molecule has 1 saturated heterocycles. The lowest BCUT2D eigenvalue weighted by Crippen LogP contribution is -2.37. The van der Waals surface area contributed by atoms with Crippen LogP contribution in [0.1, 0.15) is 49.0 Å². The van der Waals surface area contributed by atoms with E-state index in [0.717, 1.165) is 49.7 Å². The minimum absolute atomic E-state index is 0.000914. The topological polar surface area (TPSA) is 121 Å². The number of anilines is 2. The Balaban J connectivity index is 1.33. The molecule has 4 heterocycles. The summed E-state index contributed by atoms with van der Waals surface area (Å²) in [4.78, 5) is 37.1. The molecule has 0 bridgehead atoms. The van der Waals surface area contributed by atoms with Gasteiger partial charge in [-0.15, -0.1) is 0 Å². The summed E-state index contributed by atoms with van der Waals surface area (Å²) in [6.07, 6.45) is 9.09. The van der Waals surface area contributed by atoms with Gasteiger partial charge in [0.1, 0.15) is 12.1 Å². The predicted molar refractivity (Wildman–Crippen MR) is 158 cm³/mol. The number of nitrogens with one attached hydrogen (secondary N) is 3. The number of amides is 1. The minimum Gasteiger partial charge on any atom is -0.369 e. The van der Waals surface area contributed by atoms with Gasteiger partial charge in [0, 0.05) is 54.5 Å². The maximum atomic E-state index is 14.6. The highest BCUT2D eigenvalue weighted by atomic mass is 19.1. The number of pyridine rings is 1. The Kier molecular flexibility index (Phi) is 8.34. The van der Waals surface area contributed by atoms with Crippen LogP contribution in [-0.2, 0) is 5.41 Å². The van der Waals surface area contributed by atoms with Gasteiger partial charge in [-0.25, -0.2) is 24.3 Å². The van der Waals surface area contributed by atoms with Gasteiger partial charge in [-0.05, 0) is 45.0 Å². The van der Waals surface area contributed by atoms with E-state index < -0.39 is 11.7 Å². The summed E-state index contributed by atoms with van der Waals surface area (Å²) in [5, 5.41) is 9.90. The molecule has 4 aromatic rings. The molecule has 5 rings (SSSR count). The van der Waals surface area contributed by atoms with E-state index in [-0.39, 0.29) is 11.0 Å². The highest BCUT2D eigenvalue weighted by Crippen LogP contribution is 2.34. The number of carbonyl (C=O) groups excluding carboxylic acids is 1. The molecule has 1 amide bonds. The Morgan fingerprint density at radius 1 is 1.10 bits per heavy atom. The molecule has 214 valence electrons. The number of rotatable bonds is 9. The molecule has 41 heavy (non-hydrogen) atoms. The Hall–Kier alpha value is -4.25. The monoisotopic (exact) mass is 557 g/mol. The molecule has 11 heteroatoms. The van der Waals surface area contributed by atoms with Gasteiger partial charge in [0.2, 0.25) is 5.95 Å². The van der Waals surface area contributed by atoms with Crippen LogP contribution in [0.3, 0.4) is 0 Å². The van der Waals surface area contributed by atoms with Crippen molar-refractivity contribution in [2.45, 2.75) is 44.6 Å². The quantitative estimate of drug-likeness (QED) is 0.277. The summed E-state index contributed by atoms with van der Waals surface area (Å²) < 4.78 is 14.6. The van der Waals surface area contributed by atoms with Crippen molar-refractivity contribution in [1.29, 1.82) is 0 Å². The molecular formula is C30H36FN9O. The average molecular weight is 558 g/mol. The fourth-order valence-electron chi connectivity index (χ4n) is 5.22. The van der Waals surface area contributed by atoms with Crippen LogP contribution in [0.5, 0.6) is 0 Å². The number of nitrogens with zero attached hydrogens (tertiary/aromatic N) is 6. The second-order valence-corrected chi connectivity index (χ2v) is 10.8. The fraction of sp³-hybridized carbons (Fsp3) is 0.400. The molecule has 0 saturated carbocycles. The van der Waals surface area contributed by atoms with Crippen molar-refractivity contribution in [2.24, 2.45) is 0 Å². The molecule has 1 atom stereocenters. The fourth-order valence-corrected chi connectivity index (χ4v) is 5.22. The number of para-hydroxylation sites is 1. The third-order valence-corrected chi connectivity index (χ3v) is 8.06. The van der Waals surface area contributed by atoms with Gasteiger partial charge < -0.3 is 20.9 Å². The van der Waals surface area contributed by atoms with Gasteiger partial charge in [0.05, 0.1) is 23.0 Å². The molecule has 0 aliphatic carbocycles. The first kappa shape index (κ1) is 28.3. The van der Waals surface area contributed by atoms with E-state index in [4.69, 9.17) is 0 Å². The third-order valence-electron chi connectivity index (χ3n) is 8.06. The second-order valence-electron chi connectivity index (χ2n) is 10.8. The van der Waals surface area contributed by atoms with Crippen LogP contribution in [0.25, 0.3) is 22.2 Å². The molecule has 0 radical (unpaired) electrons. The smallest absolute Gasteiger partial charge is 0.254 e. The van der Waals surface area contributed by atoms with Gasteiger partial charge in [0.15, 0.2) is 5.82 Å². The maximum absolute atomic E-state index is 14.6. The third kappa shape index (κ3) is 6.09.